The van der Waals surface area contributed by atoms with Crippen LogP contribution in [-0.2, 0) is 13.2 Å². The molecule has 0 aliphatic rings. The van der Waals surface area contributed by atoms with Crippen molar-refractivity contribution >= 4 is 21.8 Å². The van der Waals surface area contributed by atoms with Gasteiger partial charge >= 0.3 is 0 Å². The quantitative estimate of drug-likeness (QED) is 0.481. The van der Waals surface area contributed by atoms with Crippen molar-refractivity contribution in [2.45, 2.75) is 20.1 Å². The summed E-state index contributed by atoms with van der Waals surface area (Å²) in [5, 5.41) is 8.94. The minimum absolute atomic E-state index is 0.0287. The number of hydrogen-bond donors (Lipinski definition) is 1. The Morgan fingerprint density at radius 2 is 2.03 bits per heavy atom. The lowest BCUT2D eigenvalue weighted by Gasteiger charge is -2.15. The average Bonchev–Trinajstić information content (AvgIpc) is 2.79. The van der Waals surface area contributed by atoms with Crippen molar-refractivity contribution in [3.63, 3.8) is 0 Å². The van der Waals surface area contributed by atoms with Gasteiger partial charge in [-0.3, -0.25) is 19.1 Å². The summed E-state index contributed by atoms with van der Waals surface area (Å²) in [5.41, 5.74) is 0.176. The molecular weight excluding hydrogens is 504 g/mol. The molecule has 174 valence electrons. The first kappa shape index (κ1) is 24.4. The predicted octanol–water partition coefficient (Wildman–Crippen LogP) is 2.07. The van der Waals surface area contributed by atoms with Gasteiger partial charge in [-0.25, -0.2) is 13.8 Å². The number of nitrogens with zero attached hydrogens (tertiary/aromatic N) is 5. The number of carbonyl (C=O) groups excluding carboxylic acids is 1. The van der Waals surface area contributed by atoms with Crippen molar-refractivity contribution in [3.05, 3.63) is 79.8 Å². The second kappa shape index (κ2) is 10.6. The molecule has 0 fully saturated rings. The number of aryl methyl sites for hydroxylation is 1. The Balaban J connectivity index is 1.76. The predicted molar refractivity (Wildman–Crippen MR) is 117 cm³/mol. The highest BCUT2D eigenvalue weighted by molar-refractivity contribution is 9.10. The molecule has 1 amide bonds. The number of carbonyl (C=O) groups is 1. The van der Waals surface area contributed by atoms with Crippen LogP contribution >= 0.6 is 15.9 Å². The molecule has 2 heterocycles. The molecule has 12 heteroatoms. The van der Waals surface area contributed by atoms with Gasteiger partial charge in [-0.05, 0) is 35.0 Å². The van der Waals surface area contributed by atoms with Crippen LogP contribution in [0.5, 0.6) is 5.88 Å². The van der Waals surface area contributed by atoms with E-state index in [0.717, 1.165) is 12.1 Å². The Kier molecular flexibility index (Phi) is 7.82. The van der Waals surface area contributed by atoms with Gasteiger partial charge in [0, 0.05) is 25.2 Å². The third-order valence-electron chi connectivity index (χ3n) is 4.68. The number of likely N-dealkylation sites (N-methyl/N-ethyl adjacent to an activating group) is 1. The van der Waals surface area contributed by atoms with Gasteiger partial charge in [-0.2, -0.15) is 4.98 Å². The van der Waals surface area contributed by atoms with Gasteiger partial charge in [0.15, 0.2) is 0 Å². The van der Waals surface area contributed by atoms with E-state index < -0.39 is 17.2 Å². The van der Waals surface area contributed by atoms with E-state index in [1.807, 2.05) is 0 Å². The summed E-state index contributed by atoms with van der Waals surface area (Å²) in [4.78, 5) is 38.8. The Morgan fingerprint density at radius 1 is 1.27 bits per heavy atom. The number of amides is 1. The molecule has 3 rings (SSSR count). The molecule has 3 aromatic rings. The maximum Gasteiger partial charge on any atom is 0.273 e. The molecule has 0 spiro atoms. The highest BCUT2D eigenvalue weighted by atomic mass is 79.9. The molecule has 0 radical (unpaired) electrons. The van der Waals surface area contributed by atoms with Crippen LogP contribution in [0, 0.1) is 18.6 Å². The summed E-state index contributed by atoms with van der Waals surface area (Å²) in [6.45, 7) is 1.38. The van der Waals surface area contributed by atoms with Crippen molar-refractivity contribution in [1.29, 1.82) is 0 Å². The number of aromatic nitrogens is 4. The zero-order valence-corrected chi connectivity index (χ0v) is 19.3. The summed E-state index contributed by atoms with van der Waals surface area (Å²) >= 11 is 3.16. The van der Waals surface area contributed by atoms with Gasteiger partial charge < -0.3 is 14.7 Å². The molecule has 0 aliphatic carbocycles. The van der Waals surface area contributed by atoms with Crippen molar-refractivity contribution in [2.24, 2.45) is 0 Å². The van der Waals surface area contributed by atoms with E-state index >= 15 is 0 Å². The Labute approximate surface area is 195 Å². The van der Waals surface area contributed by atoms with Crippen LogP contribution < -0.4 is 10.3 Å². The molecule has 1 aromatic carbocycles. The lowest BCUT2D eigenvalue weighted by Crippen LogP contribution is -2.30. The molecule has 33 heavy (non-hydrogen) atoms. The van der Waals surface area contributed by atoms with E-state index in [4.69, 9.17) is 9.84 Å². The van der Waals surface area contributed by atoms with Crippen molar-refractivity contribution in [3.8, 4) is 5.88 Å². The second-order valence-corrected chi connectivity index (χ2v) is 7.83. The molecule has 0 atom stereocenters. The van der Waals surface area contributed by atoms with E-state index in [2.05, 4.69) is 30.9 Å². The lowest BCUT2D eigenvalue weighted by molar-refractivity contribution is 0.0760. The first-order valence-corrected chi connectivity index (χ1v) is 10.5. The zero-order valence-electron chi connectivity index (χ0n) is 17.8. The topological polar surface area (TPSA) is 110 Å². The van der Waals surface area contributed by atoms with E-state index in [1.165, 1.54) is 35.0 Å². The molecular formula is C21H20BrF2N5O4. The molecule has 1 N–H and O–H groups in total. The lowest BCUT2D eigenvalue weighted by atomic mass is 10.2. The van der Waals surface area contributed by atoms with Crippen LogP contribution in [0.25, 0.3) is 0 Å². The minimum Gasteiger partial charge on any atom is -0.472 e. The smallest absolute Gasteiger partial charge is 0.273 e. The van der Waals surface area contributed by atoms with E-state index in [9.17, 15) is 18.4 Å². The molecule has 0 bridgehead atoms. The number of rotatable bonds is 8. The Bertz CT molecular complexity index is 1220. The maximum absolute atomic E-state index is 13.8. The van der Waals surface area contributed by atoms with Gasteiger partial charge in [0.05, 0.1) is 31.2 Å². The van der Waals surface area contributed by atoms with Gasteiger partial charge in [-0.15, -0.1) is 0 Å². The largest absolute Gasteiger partial charge is 0.472 e. The van der Waals surface area contributed by atoms with Crippen LogP contribution in [0.15, 0.2) is 39.9 Å². The zero-order chi connectivity index (χ0) is 24.1. The van der Waals surface area contributed by atoms with Gasteiger partial charge in [0.1, 0.15) is 34.2 Å². The third-order valence-corrected chi connectivity index (χ3v) is 5.36. The third kappa shape index (κ3) is 5.76. The monoisotopic (exact) mass is 523 g/mol. The maximum atomic E-state index is 13.8. The summed E-state index contributed by atoms with van der Waals surface area (Å²) < 4.78 is 33.7. The number of ether oxygens (including phenoxy) is 1. The molecule has 0 saturated heterocycles. The normalized spacial score (nSPS) is 10.8. The number of benzene rings is 1. The summed E-state index contributed by atoms with van der Waals surface area (Å²) in [7, 11) is 1.54. The van der Waals surface area contributed by atoms with Crippen LogP contribution in [0.3, 0.4) is 0 Å². The van der Waals surface area contributed by atoms with E-state index in [0.29, 0.717) is 11.5 Å². The molecule has 9 nitrogen and oxygen atoms in total. The summed E-state index contributed by atoms with van der Waals surface area (Å²) in [5.74, 6) is -1.58. The average molecular weight is 524 g/mol. The van der Waals surface area contributed by atoms with Gasteiger partial charge in [-0.1, -0.05) is 0 Å². The number of halogens is 3. The number of hydrogen-bond acceptors (Lipinski definition) is 7. The van der Waals surface area contributed by atoms with Crippen LogP contribution in [0.4, 0.5) is 8.78 Å². The fourth-order valence-electron chi connectivity index (χ4n) is 2.84. The standard InChI is InChI=1S/C21H20BrF2N5O4/c1-12-27-19(33-11-13-3-4-14(23)7-16(13)24)18(22)21(32)29(12)10-15-8-26-17(9-25-15)20(31)28(2)5-6-30/h3-4,7-9,30H,5-6,10-11H2,1-2H3. The van der Waals surface area contributed by atoms with Crippen molar-refractivity contribution in [1.82, 2.24) is 24.4 Å². The first-order chi connectivity index (χ1) is 15.7. The van der Waals surface area contributed by atoms with E-state index in [1.54, 1.807) is 6.92 Å². The molecule has 2 aromatic heterocycles. The van der Waals surface area contributed by atoms with E-state index in [-0.39, 0.29) is 53.8 Å². The Hall–Kier alpha value is -3.25. The Morgan fingerprint density at radius 3 is 2.67 bits per heavy atom. The highest BCUT2D eigenvalue weighted by Gasteiger charge is 2.17. The first-order valence-electron chi connectivity index (χ1n) is 9.72. The van der Waals surface area contributed by atoms with Crippen LogP contribution in [0.1, 0.15) is 27.6 Å². The fraction of sp³-hybridized carbons (Fsp3) is 0.286. The number of aliphatic hydroxyl groups is 1. The van der Waals surface area contributed by atoms with Crippen LogP contribution in [0.2, 0.25) is 0 Å². The minimum atomic E-state index is -0.765. The number of aliphatic hydroxyl groups excluding tert-OH is 1. The van der Waals surface area contributed by atoms with Crippen LogP contribution in [-0.4, -0.2) is 55.6 Å². The van der Waals surface area contributed by atoms with Gasteiger partial charge in [0.2, 0.25) is 5.88 Å². The molecule has 0 aliphatic heterocycles. The van der Waals surface area contributed by atoms with Gasteiger partial charge in [0.25, 0.3) is 11.5 Å². The van der Waals surface area contributed by atoms with Crippen molar-refractivity contribution < 1.29 is 23.4 Å². The highest BCUT2D eigenvalue weighted by Crippen LogP contribution is 2.21. The second-order valence-electron chi connectivity index (χ2n) is 7.04. The summed E-state index contributed by atoms with van der Waals surface area (Å²) in [6, 6.07) is 3.11. The SMILES string of the molecule is Cc1nc(OCc2ccc(F)cc2F)c(Br)c(=O)n1Cc1cnc(C(=O)N(C)CCO)cn1. The fourth-order valence-corrected chi connectivity index (χ4v) is 3.25. The molecule has 0 unspecified atom stereocenters. The molecule has 0 saturated carbocycles. The summed E-state index contributed by atoms with van der Waals surface area (Å²) in [6.07, 6.45) is 2.67. The van der Waals surface area contributed by atoms with Crippen molar-refractivity contribution in [2.75, 3.05) is 20.2 Å².